The first-order valence-corrected chi connectivity index (χ1v) is 6.90. The summed E-state index contributed by atoms with van der Waals surface area (Å²) in [7, 11) is 0. The van der Waals surface area contributed by atoms with Crippen molar-refractivity contribution in [2.75, 3.05) is 32.7 Å². The first-order chi connectivity index (χ1) is 9.26. The summed E-state index contributed by atoms with van der Waals surface area (Å²) in [5.41, 5.74) is 0.694. The zero-order chi connectivity index (χ0) is 13.7. The average Bonchev–Trinajstić information content (AvgIpc) is 2.78. The van der Waals surface area contributed by atoms with Crippen LogP contribution in [0.25, 0.3) is 0 Å². The fourth-order valence-electron chi connectivity index (χ4n) is 2.47. The molecule has 0 aromatic carbocycles. The van der Waals surface area contributed by atoms with Gasteiger partial charge in [-0.1, -0.05) is 6.08 Å². The number of nitrogens with zero attached hydrogens (tertiary/aromatic N) is 4. The number of amides is 1. The van der Waals surface area contributed by atoms with Crippen LogP contribution in [-0.2, 0) is 6.54 Å². The third-order valence-electron chi connectivity index (χ3n) is 3.50. The van der Waals surface area contributed by atoms with Crippen molar-refractivity contribution in [1.82, 2.24) is 19.6 Å². The number of hydrogen-bond acceptors (Lipinski definition) is 3. The summed E-state index contributed by atoms with van der Waals surface area (Å²) in [5.74, 6) is 0.0970. The lowest BCUT2D eigenvalue weighted by atomic mass is 10.3. The van der Waals surface area contributed by atoms with Crippen molar-refractivity contribution in [2.45, 2.75) is 19.9 Å². The second kappa shape index (κ2) is 6.52. The summed E-state index contributed by atoms with van der Waals surface area (Å²) < 4.78 is 1.76. The predicted octanol–water partition coefficient (Wildman–Crippen LogP) is 1.24. The van der Waals surface area contributed by atoms with Crippen molar-refractivity contribution in [3.63, 3.8) is 0 Å². The van der Waals surface area contributed by atoms with Gasteiger partial charge in [0.25, 0.3) is 5.91 Å². The lowest BCUT2D eigenvalue weighted by molar-refractivity contribution is 0.0749. The summed E-state index contributed by atoms with van der Waals surface area (Å²) in [6.07, 6.45) is 4.63. The minimum Gasteiger partial charge on any atom is -0.336 e. The van der Waals surface area contributed by atoms with Crippen molar-refractivity contribution in [3.05, 3.63) is 30.6 Å². The number of hydrogen-bond donors (Lipinski definition) is 0. The second-order valence-electron chi connectivity index (χ2n) is 4.77. The SMILES string of the molecule is C=CCN1CCCN(C(=O)c2ccnn2CC)CC1. The van der Waals surface area contributed by atoms with Gasteiger partial charge in [-0.3, -0.25) is 14.4 Å². The maximum Gasteiger partial charge on any atom is 0.272 e. The lowest BCUT2D eigenvalue weighted by Crippen LogP contribution is -2.36. The summed E-state index contributed by atoms with van der Waals surface area (Å²) in [6, 6.07) is 1.80. The zero-order valence-electron chi connectivity index (χ0n) is 11.6. The third kappa shape index (κ3) is 3.23. The molecule has 0 atom stereocenters. The molecule has 0 saturated carbocycles. The van der Waals surface area contributed by atoms with Gasteiger partial charge < -0.3 is 4.90 Å². The molecule has 1 saturated heterocycles. The van der Waals surface area contributed by atoms with Crippen LogP contribution >= 0.6 is 0 Å². The number of aromatic nitrogens is 2. The molecule has 1 aliphatic heterocycles. The Balaban J connectivity index is 2.02. The van der Waals surface area contributed by atoms with Crippen LogP contribution in [0.1, 0.15) is 23.8 Å². The number of carbonyl (C=O) groups is 1. The quantitative estimate of drug-likeness (QED) is 0.767. The van der Waals surface area contributed by atoms with Crippen LogP contribution in [0.4, 0.5) is 0 Å². The highest BCUT2D eigenvalue weighted by atomic mass is 16.2. The Labute approximate surface area is 114 Å². The summed E-state index contributed by atoms with van der Waals surface area (Å²) in [4.78, 5) is 16.8. The van der Waals surface area contributed by atoms with Gasteiger partial charge >= 0.3 is 0 Å². The van der Waals surface area contributed by atoms with Gasteiger partial charge in [0.15, 0.2) is 0 Å². The molecule has 1 amide bonds. The smallest absolute Gasteiger partial charge is 0.272 e. The first kappa shape index (κ1) is 13.8. The Bertz CT molecular complexity index is 440. The van der Waals surface area contributed by atoms with Crippen LogP contribution in [0, 0.1) is 0 Å². The van der Waals surface area contributed by atoms with Crippen LogP contribution < -0.4 is 0 Å². The van der Waals surface area contributed by atoms with Gasteiger partial charge in [0.1, 0.15) is 5.69 Å². The van der Waals surface area contributed by atoms with Gasteiger partial charge in [0.2, 0.25) is 0 Å². The molecule has 0 aliphatic carbocycles. The molecule has 19 heavy (non-hydrogen) atoms. The molecule has 0 unspecified atom stereocenters. The molecule has 5 nitrogen and oxygen atoms in total. The minimum absolute atomic E-state index is 0.0970. The molecule has 1 aromatic heterocycles. The molecule has 0 N–H and O–H groups in total. The number of aryl methyl sites for hydroxylation is 1. The highest BCUT2D eigenvalue weighted by molar-refractivity contribution is 5.92. The van der Waals surface area contributed by atoms with Crippen LogP contribution in [0.5, 0.6) is 0 Å². The largest absolute Gasteiger partial charge is 0.336 e. The van der Waals surface area contributed by atoms with E-state index in [4.69, 9.17) is 0 Å². The molecule has 2 heterocycles. The summed E-state index contributed by atoms with van der Waals surface area (Å²) in [6.45, 7) is 10.9. The summed E-state index contributed by atoms with van der Waals surface area (Å²) >= 11 is 0. The number of carbonyl (C=O) groups excluding carboxylic acids is 1. The molecular formula is C14H22N4O. The molecule has 5 heteroatoms. The Hall–Kier alpha value is -1.62. The first-order valence-electron chi connectivity index (χ1n) is 6.90. The fourth-order valence-corrected chi connectivity index (χ4v) is 2.47. The van der Waals surface area contributed by atoms with E-state index < -0.39 is 0 Å². The summed E-state index contributed by atoms with van der Waals surface area (Å²) in [5, 5.41) is 4.16. The molecule has 1 aromatic rings. The van der Waals surface area contributed by atoms with E-state index in [0.29, 0.717) is 5.69 Å². The van der Waals surface area contributed by atoms with Gasteiger partial charge in [-0.05, 0) is 19.4 Å². The van der Waals surface area contributed by atoms with Gasteiger partial charge in [-0.25, -0.2) is 0 Å². The van der Waals surface area contributed by atoms with Gasteiger partial charge in [-0.15, -0.1) is 6.58 Å². The van der Waals surface area contributed by atoms with E-state index in [1.807, 2.05) is 17.9 Å². The topological polar surface area (TPSA) is 41.4 Å². The predicted molar refractivity (Wildman–Crippen MR) is 75.1 cm³/mol. The monoisotopic (exact) mass is 262 g/mol. The molecule has 1 fully saturated rings. The van der Waals surface area contributed by atoms with E-state index in [9.17, 15) is 4.79 Å². The third-order valence-corrected chi connectivity index (χ3v) is 3.50. The van der Waals surface area contributed by atoms with Crippen molar-refractivity contribution < 1.29 is 4.79 Å². The van der Waals surface area contributed by atoms with E-state index >= 15 is 0 Å². The second-order valence-corrected chi connectivity index (χ2v) is 4.77. The van der Waals surface area contributed by atoms with Crippen LogP contribution in [0.3, 0.4) is 0 Å². The molecule has 0 radical (unpaired) electrons. The van der Waals surface area contributed by atoms with Crippen LogP contribution in [0.15, 0.2) is 24.9 Å². The highest BCUT2D eigenvalue weighted by Gasteiger charge is 2.21. The van der Waals surface area contributed by atoms with Crippen molar-refractivity contribution in [3.8, 4) is 0 Å². The van der Waals surface area contributed by atoms with Gasteiger partial charge in [0, 0.05) is 45.5 Å². The normalized spacial score (nSPS) is 17.2. The molecule has 104 valence electrons. The highest BCUT2D eigenvalue weighted by Crippen LogP contribution is 2.09. The van der Waals surface area contributed by atoms with E-state index in [1.54, 1.807) is 16.9 Å². The maximum absolute atomic E-state index is 12.5. The zero-order valence-corrected chi connectivity index (χ0v) is 11.6. The van der Waals surface area contributed by atoms with Crippen LogP contribution in [0.2, 0.25) is 0 Å². The van der Waals surface area contributed by atoms with Crippen molar-refractivity contribution in [1.29, 1.82) is 0 Å². The Morgan fingerprint density at radius 1 is 1.42 bits per heavy atom. The number of rotatable bonds is 4. The van der Waals surface area contributed by atoms with E-state index in [-0.39, 0.29) is 5.91 Å². The Morgan fingerprint density at radius 3 is 3.00 bits per heavy atom. The molecule has 0 spiro atoms. The molecule has 2 rings (SSSR count). The van der Waals surface area contributed by atoms with Crippen molar-refractivity contribution >= 4 is 5.91 Å². The lowest BCUT2D eigenvalue weighted by Gasteiger charge is -2.21. The standard InChI is InChI=1S/C14H22N4O/c1-3-8-16-9-5-10-17(12-11-16)14(19)13-6-7-15-18(13)4-2/h3,6-7H,1,4-5,8-12H2,2H3. The fraction of sp³-hybridized carbons (Fsp3) is 0.571. The van der Waals surface area contributed by atoms with E-state index in [2.05, 4.69) is 16.6 Å². The average molecular weight is 262 g/mol. The van der Waals surface area contributed by atoms with Gasteiger partial charge in [-0.2, -0.15) is 5.10 Å². The minimum atomic E-state index is 0.0970. The van der Waals surface area contributed by atoms with Crippen LogP contribution in [-0.4, -0.2) is 58.2 Å². The maximum atomic E-state index is 12.5. The van der Waals surface area contributed by atoms with Gasteiger partial charge in [0.05, 0.1) is 0 Å². The van der Waals surface area contributed by atoms with E-state index in [0.717, 1.165) is 45.7 Å². The Morgan fingerprint density at radius 2 is 2.26 bits per heavy atom. The molecule has 1 aliphatic rings. The van der Waals surface area contributed by atoms with Crippen molar-refractivity contribution in [2.24, 2.45) is 0 Å². The molecule has 0 bridgehead atoms. The molecular weight excluding hydrogens is 240 g/mol. The Kier molecular flexibility index (Phi) is 4.74. The van der Waals surface area contributed by atoms with E-state index in [1.165, 1.54) is 0 Å².